The first-order valence-electron chi connectivity index (χ1n) is 4.66. The van der Waals surface area contributed by atoms with E-state index in [-0.39, 0.29) is 5.97 Å². The molecule has 0 aromatic heterocycles. The van der Waals surface area contributed by atoms with Gasteiger partial charge in [-0.25, -0.2) is 4.79 Å². The van der Waals surface area contributed by atoms with Gasteiger partial charge in [0.15, 0.2) is 0 Å². The molecule has 74 valence electrons. The molecule has 0 bridgehead atoms. The first-order chi connectivity index (χ1) is 6.18. The highest BCUT2D eigenvalue weighted by molar-refractivity contribution is 5.86. The molecular formula is C11H18O2. The van der Waals surface area contributed by atoms with Crippen molar-refractivity contribution in [1.29, 1.82) is 0 Å². The van der Waals surface area contributed by atoms with Crippen LogP contribution >= 0.6 is 0 Å². The lowest BCUT2D eigenvalue weighted by Gasteiger charge is -1.99. The van der Waals surface area contributed by atoms with Crippen molar-refractivity contribution in [3.8, 4) is 0 Å². The topological polar surface area (TPSA) is 26.3 Å². The van der Waals surface area contributed by atoms with Crippen molar-refractivity contribution in [2.45, 2.75) is 33.1 Å². The largest absolute Gasteiger partial charge is 0.458 e. The van der Waals surface area contributed by atoms with Crippen LogP contribution in [0.3, 0.4) is 0 Å². The molecule has 0 aliphatic carbocycles. The SMILES string of the molecule is C=C(C)C(=O)OCC=CCCCC. The summed E-state index contributed by atoms with van der Waals surface area (Å²) in [7, 11) is 0. The second kappa shape index (κ2) is 7.59. The standard InChI is InChI=1S/C11H18O2/c1-4-5-6-7-8-9-13-11(12)10(2)3/h7-8H,2,4-6,9H2,1,3H3. The van der Waals surface area contributed by atoms with Crippen LogP contribution in [0.15, 0.2) is 24.3 Å². The van der Waals surface area contributed by atoms with E-state index in [2.05, 4.69) is 13.5 Å². The zero-order chi connectivity index (χ0) is 10.1. The molecule has 0 atom stereocenters. The van der Waals surface area contributed by atoms with Crippen LogP contribution in [0.2, 0.25) is 0 Å². The Hall–Kier alpha value is -1.05. The fraction of sp³-hybridized carbons (Fsp3) is 0.545. The Morgan fingerprint density at radius 3 is 2.69 bits per heavy atom. The van der Waals surface area contributed by atoms with E-state index in [1.807, 2.05) is 12.2 Å². The van der Waals surface area contributed by atoms with Gasteiger partial charge in [0.05, 0.1) is 0 Å². The number of carbonyl (C=O) groups excluding carboxylic acids is 1. The van der Waals surface area contributed by atoms with Crippen molar-refractivity contribution in [3.05, 3.63) is 24.3 Å². The minimum absolute atomic E-state index is 0.319. The van der Waals surface area contributed by atoms with Crippen LogP contribution in [0.1, 0.15) is 33.1 Å². The molecule has 0 spiro atoms. The van der Waals surface area contributed by atoms with Gasteiger partial charge in [-0.05, 0) is 13.3 Å². The number of rotatable bonds is 6. The fourth-order valence-electron chi connectivity index (χ4n) is 0.755. The highest BCUT2D eigenvalue weighted by atomic mass is 16.5. The van der Waals surface area contributed by atoms with Crippen LogP contribution < -0.4 is 0 Å². The van der Waals surface area contributed by atoms with Gasteiger partial charge in [0.25, 0.3) is 0 Å². The third kappa shape index (κ3) is 7.32. The molecular weight excluding hydrogens is 164 g/mol. The molecule has 2 nitrogen and oxygen atoms in total. The lowest BCUT2D eigenvalue weighted by atomic mass is 10.2. The minimum Gasteiger partial charge on any atom is -0.458 e. The van der Waals surface area contributed by atoms with Gasteiger partial charge in [-0.3, -0.25) is 0 Å². The second-order valence-electron chi connectivity index (χ2n) is 2.99. The summed E-state index contributed by atoms with van der Waals surface area (Å²) in [4.78, 5) is 10.9. The van der Waals surface area contributed by atoms with Gasteiger partial charge in [-0.15, -0.1) is 0 Å². The highest BCUT2D eigenvalue weighted by Crippen LogP contribution is 1.96. The number of hydrogen-bond donors (Lipinski definition) is 0. The molecule has 0 radical (unpaired) electrons. The Labute approximate surface area is 80.3 Å². The van der Waals surface area contributed by atoms with Gasteiger partial charge in [-0.1, -0.05) is 38.5 Å². The van der Waals surface area contributed by atoms with Crippen LogP contribution in [0.25, 0.3) is 0 Å². The molecule has 0 aromatic carbocycles. The summed E-state index contributed by atoms with van der Waals surface area (Å²) in [6.07, 6.45) is 7.34. The Morgan fingerprint density at radius 1 is 1.46 bits per heavy atom. The van der Waals surface area contributed by atoms with Crippen molar-refractivity contribution in [1.82, 2.24) is 0 Å². The summed E-state index contributed by atoms with van der Waals surface area (Å²) < 4.78 is 4.86. The van der Waals surface area contributed by atoms with E-state index in [1.54, 1.807) is 6.92 Å². The quantitative estimate of drug-likeness (QED) is 0.273. The Kier molecular flexibility index (Phi) is 6.98. The van der Waals surface area contributed by atoms with Crippen LogP contribution in [0.5, 0.6) is 0 Å². The molecule has 13 heavy (non-hydrogen) atoms. The molecule has 0 aliphatic rings. The van der Waals surface area contributed by atoms with Crippen molar-refractivity contribution in [2.24, 2.45) is 0 Å². The predicted molar refractivity (Wildman–Crippen MR) is 54.4 cm³/mol. The third-order valence-corrected chi connectivity index (χ3v) is 1.55. The lowest BCUT2D eigenvalue weighted by molar-refractivity contribution is -0.137. The second-order valence-corrected chi connectivity index (χ2v) is 2.99. The van der Waals surface area contributed by atoms with E-state index >= 15 is 0 Å². The maximum Gasteiger partial charge on any atom is 0.333 e. The van der Waals surface area contributed by atoms with Gasteiger partial charge < -0.3 is 4.74 Å². The van der Waals surface area contributed by atoms with Crippen LogP contribution in [0.4, 0.5) is 0 Å². The normalized spacial score (nSPS) is 10.3. The summed E-state index contributed by atoms with van der Waals surface area (Å²) >= 11 is 0. The number of allylic oxidation sites excluding steroid dienone is 1. The van der Waals surface area contributed by atoms with E-state index in [9.17, 15) is 4.79 Å². The van der Waals surface area contributed by atoms with Gasteiger partial charge in [0.1, 0.15) is 6.61 Å². The van der Waals surface area contributed by atoms with Gasteiger partial charge in [0.2, 0.25) is 0 Å². The summed E-state index contributed by atoms with van der Waals surface area (Å²) in [5.74, 6) is -0.319. The molecule has 0 heterocycles. The van der Waals surface area contributed by atoms with Gasteiger partial charge >= 0.3 is 5.97 Å². The van der Waals surface area contributed by atoms with Gasteiger partial charge in [0, 0.05) is 5.57 Å². The molecule has 0 amide bonds. The molecule has 0 N–H and O–H groups in total. The average Bonchev–Trinajstić information content (AvgIpc) is 2.10. The molecule has 0 aliphatic heterocycles. The number of unbranched alkanes of at least 4 members (excludes halogenated alkanes) is 2. The van der Waals surface area contributed by atoms with E-state index in [4.69, 9.17) is 4.74 Å². The average molecular weight is 182 g/mol. The number of ether oxygens (including phenoxy) is 1. The lowest BCUT2D eigenvalue weighted by Crippen LogP contribution is -2.04. The fourth-order valence-corrected chi connectivity index (χ4v) is 0.755. The molecule has 0 saturated heterocycles. The minimum atomic E-state index is -0.319. The maximum atomic E-state index is 10.9. The molecule has 0 rings (SSSR count). The van der Waals surface area contributed by atoms with Crippen molar-refractivity contribution in [2.75, 3.05) is 6.61 Å². The van der Waals surface area contributed by atoms with Crippen LogP contribution in [-0.4, -0.2) is 12.6 Å². The smallest absolute Gasteiger partial charge is 0.333 e. The Bertz CT molecular complexity index is 192. The summed E-state index contributed by atoms with van der Waals surface area (Å²) in [5, 5.41) is 0. The summed E-state index contributed by atoms with van der Waals surface area (Å²) in [6.45, 7) is 7.63. The Morgan fingerprint density at radius 2 is 2.15 bits per heavy atom. The highest BCUT2D eigenvalue weighted by Gasteiger charge is 1.99. The first-order valence-corrected chi connectivity index (χ1v) is 4.66. The third-order valence-electron chi connectivity index (χ3n) is 1.55. The molecule has 0 unspecified atom stereocenters. The van der Waals surface area contributed by atoms with E-state index in [0.717, 1.165) is 6.42 Å². The van der Waals surface area contributed by atoms with Crippen molar-refractivity contribution >= 4 is 5.97 Å². The van der Waals surface area contributed by atoms with Gasteiger partial charge in [-0.2, -0.15) is 0 Å². The van der Waals surface area contributed by atoms with E-state index in [0.29, 0.717) is 12.2 Å². The summed E-state index contributed by atoms with van der Waals surface area (Å²) in [5.41, 5.74) is 0.446. The zero-order valence-electron chi connectivity index (χ0n) is 8.51. The van der Waals surface area contributed by atoms with E-state index < -0.39 is 0 Å². The Balaban J connectivity index is 3.39. The maximum absolute atomic E-state index is 10.9. The van der Waals surface area contributed by atoms with Crippen LogP contribution in [-0.2, 0) is 9.53 Å². The van der Waals surface area contributed by atoms with Crippen molar-refractivity contribution in [3.63, 3.8) is 0 Å². The van der Waals surface area contributed by atoms with Crippen LogP contribution in [0, 0.1) is 0 Å². The molecule has 0 fully saturated rings. The number of esters is 1. The predicted octanol–water partition coefficient (Wildman–Crippen LogP) is 2.85. The van der Waals surface area contributed by atoms with Crippen molar-refractivity contribution < 1.29 is 9.53 Å². The molecule has 2 heteroatoms. The number of hydrogen-bond acceptors (Lipinski definition) is 2. The zero-order valence-corrected chi connectivity index (χ0v) is 8.51. The molecule has 0 saturated carbocycles. The summed E-state index contributed by atoms with van der Waals surface area (Å²) in [6, 6.07) is 0. The van der Waals surface area contributed by atoms with E-state index in [1.165, 1.54) is 12.8 Å². The first kappa shape index (κ1) is 11.9. The number of carbonyl (C=O) groups is 1. The molecule has 0 aromatic rings. The monoisotopic (exact) mass is 182 g/mol.